The molecular formula is C15H23N3O2. The van der Waals surface area contributed by atoms with Crippen LogP contribution in [0.1, 0.15) is 32.8 Å². The van der Waals surface area contributed by atoms with Crippen molar-refractivity contribution in [1.29, 1.82) is 0 Å². The largest absolute Gasteiger partial charge is 0.351 e. The lowest BCUT2D eigenvalue weighted by molar-refractivity contribution is -0.120. The van der Waals surface area contributed by atoms with Crippen LogP contribution in [0.4, 0.5) is 5.69 Å². The Hall–Kier alpha value is -1.88. The molecule has 1 aromatic rings. The van der Waals surface area contributed by atoms with Crippen LogP contribution in [0.5, 0.6) is 0 Å². The summed E-state index contributed by atoms with van der Waals surface area (Å²) in [4.78, 5) is 22.5. The van der Waals surface area contributed by atoms with Gasteiger partial charge in [0, 0.05) is 25.2 Å². The van der Waals surface area contributed by atoms with Crippen LogP contribution in [0.25, 0.3) is 0 Å². The fourth-order valence-electron chi connectivity index (χ4n) is 1.58. The van der Waals surface area contributed by atoms with Crippen molar-refractivity contribution < 1.29 is 9.59 Å². The minimum atomic E-state index is -0.0952. The van der Waals surface area contributed by atoms with Crippen molar-refractivity contribution >= 4 is 17.5 Å². The van der Waals surface area contributed by atoms with Crippen molar-refractivity contribution in [3.63, 3.8) is 0 Å². The van der Waals surface area contributed by atoms with Gasteiger partial charge in [-0.05, 0) is 31.0 Å². The van der Waals surface area contributed by atoms with Crippen molar-refractivity contribution in [1.82, 2.24) is 10.6 Å². The minimum absolute atomic E-state index is 0.0174. The lowest BCUT2D eigenvalue weighted by Gasteiger charge is -2.11. The number of anilines is 1. The molecule has 0 aliphatic heterocycles. The third-order valence-corrected chi connectivity index (χ3v) is 2.99. The molecule has 0 radical (unpaired) electrons. The van der Waals surface area contributed by atoms with E-state index >= 15 is 0 Å². The van der Waals surface area contributed by atoms with Crippen LogP contribution in [0.2, 0.25) is 0 Å². The highest BCUT2D eigenvalue weighted by Crippen LogP contribution is 2.09. The summed E-state index contributed by atoms with van der Waals surface area (Å²) in [5.41, 5.74) is 1.75. The Morgan fingerprint density at radius 3 is 2.40 bits per heavy atom. The summed E-state index contributed by atoms with van der Waals surface area (Å²) in [6, 6.07) is 7.75. The number of benzene rings is 1. The molecule has 0 fully saturated rings. The van der Waals surface area contributed by atoms with Crippen LogP contribution in [-0.4, -0.2) is 24.4 Å². The molecule has 0 spiro atoms. The van der Waals surface area contributed by atoms with Crippen LogP contribution in [0, 0.1) is 0 Å². The Kier molecular flexibility index (Phi) is 6.73. The van der Waals surface area contributed by atoms with Gasteiger partial charge in [0.05, 0.1) is 6.54 Å². The second kappa shape index (κ2) is 8.32. The van der Waals surface area contributed by atoms with E-state index in [0.717, 1.165) is 17.7 Å². The Morgan fingerprint density at radius 2 is 1.85 bits per heavy atom. The maximum absolute atomic E-state index is 11.6. The van der Waals surface area contributed by atoms with Crippen LogP contribution in [0.3, 0.4) is 0 Å². The van der Waals surface area contributed by atoms with Gasteiger partial charge >= 0.3 is 0 Å². The zero-order chi connectivity index (χ0) is 15.0. The molecule has 0 heterocycles. The highest BCUT2D eigenvalue weighted by atomic mass is 16.2. The van der Waals surface area contributed by atoms with E-state index in [1.807, 2.05) is 31.2 Å². The summed E-state index contributed by atoms with van der Waals surface area (Å²) in [7, 11) is 0. The van der Waals surface area contributed by atoms with Crippen LogP contribution >= 0.6 is 0 Å². The van der Waals surface area contributed by atoms with Gasteiger partial charge in [-0.25, -0.2) is 0 Å². The summed E-state index contributed by atoms with van der Waals surface area (Å²) in [5, 5.41) is 8.69. The molecule has 0 aliphatic carbocycles. The minimum Gasteiger partial charge on any atom is -0.351 e. The average Bonchev–Trinajstić information content (AvgIpc) is 2.43. The van der Waals surface area contributed by atoms with Crippen LogP contribution in [0.15, 0.2) is 24.3 Å². The zero-order valence-corrected chi connectivity index (χ0v) is 12.3. The summed E-state index contributed by atoms with van der Waals surface area (Å²) >= 11 is 0. The van der Waals surface area contributed by atoms with E-state index in [9.17, 15) is 9.59 Å². The topological polar surface area (TPSA) is 70.2 Å². The molecular weight excluding hydrogens is 254 g/mol. The lowest BCUT2D eigenvalue weighted by atomic mass is 10.2. The van der Waals surface area contributed by atoms with Gasteiger partial charge in [0.1, 0.15) is 0 Å². The van der Waals surface area contributed by atoms with Gasteiger partial charge in [-0.2, -0.15) is 0 Å². The second-order valence-corrected chi connectivity index (χ2v) is 4.85. The van der Waals surface area contributed by atoms with Gasteiger partial charge in [-0.1, -0.05) is 19.1 Å². The van der Waals surface area contributed by atoms with Crippen LogP contribution in [-0.2, 0) is 16.1 Å². The maximum atomic E-state index is 11.6. The first-order valence-corrected chi connectivity index (χ1v) is 6.88. The summed E-state index contributed by atoms with van der Waals surface area (Å²) < 4.78 is 0. The standard InChI is InChI=1S/C15H23N3O2/c1-4-11(2)16-10-15(20)17-9-13-5-7-14(8-6-13)18-12(3)19/h5-8,11,16H,4,9-10H2,1-3H3,(H,17,20)(H,18,19). The fraction of sp³-hybridized carbons (Fsp3) is 0.467. The van der Waals surface area contributed by atoms with E-state index < -0.39 is 0 Å². The normalized spacial score (nSPS) is 11.8. The Balaban J connectivity index is 2.34. The van der Waals surface area contributed by atoms with Crippen molar-refractivity contribution in [3.05, 3.63) is 29.8 Å². The van der Waals surface area contributed by atoms with Gasteiger partial charge in [0.25, 0.3) is 0 Å². The van der Waals surface area contributed by atoms with E-state index in [-0.39, 0.29) is 11.8 Å². The number of carbonyl (C=O) groups excluding carboxylic acids is 2. The number of hydrogen-bond donors (Lipinski definition) is 3. The summed E-state index contributed by atoms with van der Waals surface area (Å²) in [6.07, 6.45) is 0.998. The number of rotatable bonds is 7. The molecule has 5 heteroatoms. The van der Waals surface area contributed by atoms with E-state index in [2.05, 4.69) is 22.9 Å². The molecule has 2 amide bonds. The molecule has 3 N–H and O–H groups in total. The zero-order valence-electron chi connectivity index (χ0n) is 12.3. The first-order valence-electron chi connectivity index (χ1n) is 6.88. The average molecular weight is 277 g/mol. The van der Waals surface area contributed by atoms with E-state index in [1.165, 1.54) is 6.92 Å². The second-order valence-electron chi connectivity index (χ2n) is 4.85. The molecule has 1 atom stereocenters. The highest BCUT2D eigenvalue weighted by molar-refractivity contribution is 5.88. The predicted octanol–water partition coefficient (Wildman–Crippen LogP) is 1.65. The smallest absolute Gasteiger partial charge is 0.234 e. The number of nitrogens with one attached hydrogen (secondary N) is 3. The SMILES string of the molecule is CCC(C)NCC(=O)NCc1ccc(NC(C)=O)cc1. The van der Waals surface area contributed by atoms with Crippen molar-refractivity contribution in [3.8, 4) is 0 Å². The fourth-order valence-corrected chi connectivity index (χ4v) is 1.58. The third-order valence-electron chi connectivity index (χ3n) is 2.99. The van der Waals surface area contributed by atoms with Gasteiger partial charge in [0.2, 0.25) is 11.8 Å². The van der Waals surface area contributed by atoms with Crippen LogP contribution < -0.4 is 16.0 Å². The molecule has 1 aromatic carbocycles. The number of amides is 2. The quantitative estimate of drug-likeness (QED) is 0.709. The van der Waals surface area contributed by atoms with E-state index in [4.69, 9.17) is 0 Å². The first kappa shape index (κ1) is 16.2. The molecule has 1 unspecified atom stereocenters. The first-order chi connectivity index (χ1) is 9.51. The van der Waals surface area contributed by atoms with Gasteiger partial charge in [0.15, 0.2) is 0 Å². The van der Waals surface area contributed by atoms with Crippen molar-refractivity contribution in [2.45, 2.75) is 39.8 Å². The molecule has 5 nitrogen and oxygen atoms in total. The monoisotopic (exact) mass is 277 g/mol. The molecule has 0 aromatic heterocycles. The van der Waals surface area contributed by atoms with E-state index in [1.54, 1.807) is 0 Å². The Morgan fingerprint density at radius 1 is 1.20 bits per heavy atom. The van der Waals surface area contributed by atoms with Gasteiger partial charge in [-0.15, -0.1) is 0 Å². The molecule has 0 bridgehead atoms. The molecule has 1 rings (SSSR count). The lowest BCUT2D eigenvalue weighted by Crippen LogP contribution is -2.37. The van der Waals surface area contributed by atoms with Gasteiger partial charge in [-0.3, -0.25) is 9.59 Å². The van der Waals surface area contributed by atoms with Crippen molar-refractivity contribution in [2.75, 3.05) is 11.9 Å². The number of hydrogen-bond acceptors (Lipinski definition) is 3. The van der Waals surface area contributed by atoms with Crippen molar-refractivity contribution in [2.24, 2.45) is 0 Å². The molecule has 0 saturated carbocycles. The maximum Gasteiger partial charge on any atom is 0.234 e. The van der Waals surface area contributed by atoms with E-state index in [0.29, 0.717) is 19.1 Å². The summed E-state index contributed by atoms with van der Waals surface area (Å²) in [5.74, 6) is -0.113. The van der Waals surface area contributed by atoms with Gasteiger partial charge < -0.3 is 16.0 Å². The third kappa shape index (κ3) is 6.33. The molecule has 0 aliphatic rings. The summed E-state index contributed by atoms with van der Waals surface area (Å²) in [6.45, 7) is 6.42. The number of carbonyl (C=O) groups is 2. The Bertz CT molecular complexity index is 443. The molecule has 20 heavy (non-hydrogen) atoms. The predicted molar refractivity (Wildman–Crippen MR) is 80.3 cm³/mol. The Labute approximate surface area is 120 Å². The highest BCUT2D eigenvalue weighted by Gasteiger charge is 2.04. The molecule has 0 saturated heterocycles. The molecule has 110 valence electrons.